The van der Waals surface area contributed by atoms with E-state index in [1.165, 1.54) is 6.42 Å². The Morgan fingerprint density at radius 3 is 2.64 bits per heavy atom. The summed E-state index contributed by atoms with van der Waals surface area (Å²) in [5.74, 6) is 0.153. The molecule has 0 spiro atoms. The fraction of sp³-hybridized carbons (Fsp3) is 0.778. The molecule has 0 rings (SSSR count). The van der Waals surface area contributed by atoms with Crippen molar-refractivity contribution in [3.8, 4) is 0 Å². The number of hydrogen-bond donors (Lipinski definition) is 1. The van der Waals surface area contributed by atoms with E-state index in [1.807, 2.05) is 6.92 Å². The van der Waals surface area contributed by atoms with Gasteiger partial charge in [-0.3, -0.25) is 4.79 Å². The van der Waals surface area contributed by atoms with Gasteiger partial charge in [0, 0.05) is 13.0 Å². The van der Waals surface area contributed by atoms with Gasteiger partial charge < -0.3 is 5.32 Å². The van der Waals surface area contributed by atoms with Gasteiger partial charge in [-0.2, -0.15) is 0 Å². The minimum atomic E-state index is 0.153. The summed E-state index contributed by atoms with van der Waals surface area (Å²) in [6.07, 6.45) is 4.91. The fourth-order valence-electron chi connectivity index (χ4n) is 0.824. The van der Waals surface area contributed by atoms with Gasteiger partial charge in [0.05, 0.1) is 0 Å². The van der Waals surface area contributed by atoms with E-state index in [2.05, 4.69) is 12.2 Å². The molecule has 0 fully saturated rings. The highest BCUT2D eigenvalue weighted by Gasteiger charge is 1.97. The molecule has 0 saturated heterocycles. The molecule has 0 aromatic heterocycles. The van der Waals surface area contributed by atoms with Crippen molar-refractivity contribution < 1.29 is 4.79 Å². The largest absolute Gasteiger partial charge is 0.351 e. The van der Waals surface area contributed by atoms with Gasteiger partial charge in [0.1, 0.15) is 0 Å². The Labute approximate surface area is 69.4 Å². The molecule has 0 heterocycles. The zero-order chi connectivity index (χ0) is 8.53. The van der Waals surface area contributed by atoms with Crippen molar-refractivity contribution in [3.05, 3.63) is 6.54 Å². The predicted molar refractivity (Wildman–Crippen MR) is 46.9 cm³/mol. The lowest BCUT2D eigenvalue weighted by atomic mass is 10.2. The SMILES string of the molecule is CC[CH]NC(=O)CCCCC. The van der Waals surface area contributed by atoms with E-state index in [1.54, 1.807) is 6.54 Å². The highest BCUT2D eigenvalue weighted by Crippen LogP contribution is 1.98. The van der Waals surface area contributed by atoms with Crippen LogP contribution < -0.4 is 5.32 Å². The summed E-state index contributed by atoms with van der Waals surface area (Å²) in [6.45, 7) is 5.94. The Hall–Kier alpha value is -0.530. The predicted octanol–water partition coefficient (Wildman–Crippen LogP) is 2.25. The van der Waals surface area contributed by atoms with E-state index in [0.29, 0.717) is 6.42 Å². The Bertz CT molecular complexity index is 102. The lowest BCUT2D eigenvalue weighted by molar-refractivity contribution is -0.120. The van der Waals surface area contributed by atoms with Crippen LogP contribution >= 0.6 is 0 Å². The number of carbonyl (C=O) groups is 1. The molecule has 0 unspecified atom stereocenters. The molecule has 65 valence electrons. The summed E-state index contributed by atoms with van der Waals surface area (Å²) < 4.78 is 0. The average molecular weight is 156 g/mol. The van der Waals surface area contributed by atoms with Crippen molar-refractivity contribution in [2.75, 3.05) is 0 Å². The van der Waals surface area contributed by atoms with Crippen LogP contribution in [0.1, 0.15) is 46.0 Å². The Balaban J connectivity index is 3.09. The minimum Gasteiger partial charge on any atom is -0.351 e. The second-order valence-electron chi connectivity index (χ2n) is 2.64. The molecule has 0 bridgehead atoms. The third-order valence-corrected chi connectivity index (χ3v) is 1.47. The highest BCUT2D eigenvalue weighted by molar-refractivity contribution is 5.76. The van der Waals surface area contributed by atoms with Crippen molar-refractivity contribution in [2.45, 2.75) is 46.0 Å². The van der Waals surface area contributed by atoms with Crippen molar-refractivity contribution in [2.24, 2.45) is 0 Å². The van der Waals surface area contributed by atoms with Gasteiger partial charge in [-0.25, -0.2) is 0 Å². The van der Waals surface area contributed by atoms with E-state index >= 15 is 0 Å². The van der Waals surface area contributed by atoms with Gasteiger partial charge in [-0.05, 0) is 12.8 Å². The lowest BCUT2D eigenvalue weighted by Crippen LogP contribution is -2.19. The maximum atomic E-state index is 10.9. The topological polar surface area (TPSA) is 29.1 Å². The van der Waals surface area contributed by atoms with Crippen molar-refractivity contribution in [3.63, 3.8) is 0 Å². The van der Waals surface area contributed by atoms with Gasteiger partial charge in [0.15, 0.2) is 0 Å². The normalized spacial score (nSPS) is 9.64. The fourth-order valence-corrected chi connectivity index (χ4v) is 0.824. The molecular formula is C9H18NO. The molecule has 0 aliphatic rings. The number of carbonyl (C=O) groups excluding carboxylic acids is 1. The van der Waals surface area contributed by atoms with Gasteiger partial charge >= 0.3 is 0 Å². The standard InChI is InChI=1S/C9H18NO/c1-3-5-6-7-9(11)10-8-4-2/h8H,3-7H2,1-2H3,(H,10,11). The lowest BCUT2D eigenvalue weighted by Gasteiger charge is -2.00. The molecule has 0 aromatic carbocycles. The second-order valence-corrected chi connectivity index (χ2v) is 2.64. The molecule has 1 radical (unpaired) electrons. The van der Waals surface area contributed by atoms with Crippen LogP contribution in [0.3, 0.4) is 0 Å². The molecule has 2 heteroatoms. The van der Waals surface area contributed by atoms with Crippen molar-refractivity contribution in [1.82, 2.24) is 5.32 Å². The minimum absolute atomic E-state index is 0.153. The van der Waals surface area contributed by atoms with Gasteiger partial charge in [-0.15, -0.1) is 0 Å². The summed E-state index contributed by atoms with van der Waals surface area (Å²) in [7, 11) is 0. The van der Waals surface area contributed by atoms with E-state index in [0.717, 1.165) is 19.3 Å². The van der Waals surface area contributed by atoms with Gasteiger partial charge in [0.25, 0.3) is 0 Å². The average Bonchev–Trinajstić information content (AvgIpc) is 2.01. The van der Waals surface area contributed by atoms with Crippen LogP contribution in [0.4, 0.5) is 0 Å². The van der Waals surface area contributed by atoms with Crippen LogP contribution in [0.2, 0.25) is 0 Å². The molecular weight excluding hydrogens is 138 g/mol. The first-order valence-corrected chi connectivity index (χ1v) is 4.42. The number of amides is 1. The Morgan fingerprint density at radius 1 is 1.36 bits per heavy atom. The van der Waals surface area contributed by atoms with Crippen LogP contribution in [0, 0.1) is 6.54 Å². The van der Waals surface area contributed by atoms with Crippen LogP contribution in [0.15, 0.2) is 0 Å². The van der Waals surface area contributed by atoms with Gasteiger partial charge in [-0.1, -0.05) is 26.7 Å². The summed E-state index contributed by atoms with van der Waals surface area (Å²) in [5, 5.41) is 2.73. The monoisotopic (exact) mass is 156 g/mol. The Kier molecular flexibility index (Phi) is 7.21. The molecule has 1 N–H and O–H groups in total. The summed E-state index contributed by atoms with van der Waals surface area (Å²) in [4.78, 5) is 10.9. The highest BCUT2D eigenvalue weighted by atomic mass is 16.1. The number of rotatable bonds is 6. The molecule has 11 heavy (non-hydrogen) atoms. The van der Waals surface area contributed by atoms with E-state index in [9.17, 15) is 4.79 Å². The van der Waals surface area contributed by atoms with E-state index in [4.69, 9.17) is 0 Å². The molecule has 0 aliphatic carbocycles. The van der Waals surface area contributed by atoms with Crippen molar-refractivity contribution in [1.29, 1.82) is 0 Å². The van der Waals surface area contributed by atoms with Crippen molar-refractivity contribution >= 4 is 5.91 Å². The molecule has 0 aromatic rings. The third kappa shape index (κ3) is 7.37. The zero-order valence-corrected chi connectivity index (χ0v) is 7.52. The number of hydrogen-bond acceptors (Lipinski definition) is 1. The number of unbranched alkanes of at least 4 members (excludes halogenated alkanes) is 2. The summed E-state index contributed by atoms with van der Waals surface area (Å²) in [6, 6.07) is 0. The Morgan fingerprint density at radius 2 is 2.09 bits per heavy atom. The number of nitrogens with one attached hydrogen (secondary N) is 1. The van der Waals surface area contributed by atoms with Crippen LogP contribution in [-0.4, -0.2) is 5.91 Å². The molecule has 0 saturated carbocycles. The third-order valence-electron chi connectivity index (χ3n) is 1.47. The maximum absolute atomic E-state index is 10.9. The first kappa shape index (κ1) is 10.5. The first-order valence-electron chi connectivity index (χ1n) is 4.42. The quantitative estimate of drug-likeness (QED) is 0.587. The maximum Gasteiger partial charge on any atom is 0.220 e. The van der Waals surface area contributed by atoms with Gasteiger partial charge in [0.2, 0.25) is 5.91 Å². The first-order chi connectivity index (χ1) is 5.31. The van der Waals surface area contributed by atoms with E-state index < -0.39 is 0 Å². The molecule has 2 nitrogen and oxygen atoms in total. The van der Waals surface area contributed by atoms with Crippen LogP contribution in [0.25, 0.3) is 0 Å². The second kappa shape index (κ2) is 7.58. The molecule has 1 amide bonds. The summed E-state index contributed by atoms with van der Waals surface area (Å²) >= 11 is 0. The molecule has 0 atom stereocenters. The van der Waals surface area contributed by atoms with Crippen LogP contribution in [0.5, 0.6) is 0 Å². The zero-order valence-electron chi connectivity index (χ0n) is 7.52. The van der Waals surface area contributed by atoms with E-state index in [-0.39, 0.29) is 5.91 Å². The molecule has 0 aliphatic heterocycles. The van der Waals surface area contributed by atoms with Crippen LogP contribution in [-0.2, 0) is 4.79 Å². The smallest absolute Gasteiger partial charge is 0.220 e. The summed E-state index contributed by atoms with van der Waals surface area (Å²) in [5.41, 5.74) is 0.